The summed E-state index contributed by atoms with van der Waals surface area (Å²) in [4.78, 5) is 23.0. The predicted octanol–water partition coefficient (Wildman–Crippen LogP) is 2.01. The van der Waals surface area contributed by atoms with Crippen molar-refractivity contribution in [3.05, 3.63) is 42.0 Å². The highest BCUT2D eigenvalue weighted by molar-refractivity contribution is 6.23. The van der Waals surface area contributed by atoms with Gasteiger partial charge in [-0.2, -0.15) is 0 Å². The molecule has 98 valence electrons. The summed E-state index contributed by atoms with van der Waals surface area (Å²) in [7, 11) is 3.24. The molecule has 2 rings (SSSR count). The lowest BCUT2D eigenvalue weighted by molar-refractivity contribution is -0.138. The van der Waals surface area contributed by atoms with Gasteiger partial charge in [-0.25, -0.2) is 0 Å². The highest BCUT2D eigenvalue weighted by Crippen LogP contribution is 2.22. The average molecular weight is 257 g/mol. The van der Waals surface area contributed by atoms with Crippen molar-refractivity contribution in [2.45, 2.75) is 6.54 Å². The van der Waals surface area contributed by atoms with Crippen molar-refractivity contribution in [2.75, 3.05) is 14.2 Å². The van der Waals surface area contributed by atoms with Gasteiger partial charge in [0, 0.05) is 13.6 Å². The number of likely N-dealkylation sites (N-methyl/N-ethyl adjacent to an activating group) is 1. The summed E-state index contributed by atoms with van der Waals surface area (Å²) in [6, 6.07) is 11.7. The lowest BCUT2D eigenvalue weighted by Gasteiger charge is -2.14. The van der Waals surface area contributed by atoms with Crippen LogP contribution in [0.1, 0.15) is 5.56 Å². The largest absolute Gasteiger partial charge is 0.497 e. The van der Waals surface area contributed by atoms with E-state index in [1.54, 1.807) is 14.2 Å². The Morgan fingerprint density at radius 1 is 1.21 bits per heavy atom. The fourth-order valence-corrected chi connectivity index (χ4v) is 1.94. The van der Waals surface area contributed by atoms with Gasteiger partial charge in [0.1, 0.15) is 5.75 Å². The lowest BCUT2D eigenvalue weighted by atomic mass is 10.1. The highest BCUT2D eigenvalue weighted by atomic mass is 16.5. The molecule has 0 radical (unpaired) electrons. The van der Waals surface area contributed by atoms with Crippen LogP contribution < -0.4 is 4.74 Å². The predicted molar refractivity (Wildman–Crippen MR) is 73.0 cm³/mol. The van der Waals surface area contributed by atoms with E-state index in [1.807, 2.05) is 36.4 Å². The zero-order valence-electron chi connectivity index (χ0n) is 10.9. The molecule has 0 aliphatic rings. The van der Waals surface area contributed by atoms with Crippen LogP contribution in [0.2, 0.25) is 0 Å². The molecular weight excluding hydrogens is 242 g/mol. The molecule has 0 bridgehead atoms. The lowest BCUT2D eigenvalue weighted by Crippen LogP contribution is -2.26. The van der Waals surface area contributed by atoms with Crippen molar-refractivity contribution in [2.24, 2.45) is 0 Å². The van der Waals surface area contributed by atoms with E-state index in [0.29, 0.717) is 12.8 Å². The normalized spacial score (nSPS) is 10.2. The van der Waals surface area contributed by atoms with Crippen LogP contribution in [-0.2, 0) is 16.1 Å². The van der Waals surface area contributed by atoms with Gasteiger partial charge in [0.2, 0.25) is 6.29 Å². The second kappa shape index (κ2) is 5.52. The number of hydrogen-bond donors (Lipinski definition) is 0. The Balaban J connectivity index is 2.27. The standard InChI is InChI=1S/C15H15NO3/c1-16(15(18)10-17)9-11-3-4-13-8-14(19-2)6-5-12(13)7-11/h3-8,10H,9H2,1-2H3. The van der Waals surface area contributed by atoms with Gasteiger partial charge in [-0.3, -0.25) is 9.59 Å². The van der Waals surface area contributed by atoms with E-state index >= 15 is 0 Å². The van der Waals surface area contributed by atoms with Crippen molar-refractivity contribution in [1.29, 1.82) is 0 Å². The van der Waals surface area contributed by atoms with E-state index < -0.39 is 5.91 Å². The third-order valence-electron chi connectivity index (χ3n) is 3.01. The van der Waals surface area contributed by atoms with E-state index in [-0.39, 0.29) is 0 Å². The molecular formula is C15H15NO3. The van der Waals surface area contributed by atoms with Gasteiger partial charge in [-0.05, 0) is 34.5 Å². The second-order valence-corrected chi connectivity index (χ2v) is 4.36. The first-order valence-electron chi connectivity index (χ1n) is 5.91. The maximum absolute atomic E-state index is 11.2. The van der Waals surface area contributed by atoms with Crippen molar-refractivity contribution in [3.63, 3.8) is 0 Å². The number of aldehydes is 1. The summed E-state index contributed by atoms with van der Waals surface area (Å²) in [5.41, 5.74) is 0.982. The SMILES string of the molecule is COc1ccc2cc(CN(C)C(=O)C=O)ccc2c1. The molecule has 0 aromatic heterocycles. The minimum absolute atomic E-state index is 0.325. The molecule has 4 heteroatoms. The Kier molecular flexibility index (Phi) is 3.80. The first kappa shape index (κ1) is 13.1. The number of nitrogens with zero attached hydrogens (tertiary/aromatic N) is 1. The molecule has 0 aliphatic carbocycles. The first-order chi connectivity index (χ1) is 9.13. The van der Waals surface area contributed by atoms with Gasteiger partial charge in [0.05, 0.1) is 7.11 Å². The van der Waals surface area contributed by atoms with Gasteiger partial charge in [-0.15, -0.1) is 0 Å². The fourth-order valence-electron chi connectivity index (χ4n) is 1.94. The van der Waals surface area contributed by atoms with Crippen LogP contribution in [-0.4, -0.2) is 31.3 Å². The van der Waals surface area contributed by atoms with Crippen LogP contribution in [0.4, 0.5) is 0 Å². The van der Waals surface area contributed by atoms with E-state index in [2.05, 4.69) is 0 Å². The van der Waals surface area contributed by atoms with Crippen LogP contribution >= 0.6 is 0 Å². The van der Waals surface area contributed by atoms with Crippen LogP contribution in [0.5, 0.6) is 5.75 Å². The van der Waals surface area contributed by atoms with Crippen LogP contribution in [0.15, 0.2) is 36.4 Å². The molecule has 2 aromatic rings. The Hall–Kier alpha value is -2.36. The topological polar surface area (TPSA) is 46.6 Å². The van der Waals surface area contributed by atoms with Gasteiger partial charge in [0.15, 0.2) is 0 Å². The molecule has 4 nitrogen and oxygen atoms in total. The molecule has 0 spiro atoms. The van der Waals surface area contributed by atoms with E-state index in [4.69, 9.17) is 4.74 Å². The molecule has 0 atom stereocenters. The number of methoxy groups -OCH3 is 1. The summed E-state index contributed by atoms with van der Waals surface area (Å²) < 4.78 is 5.17. The Morgan fingerprint density at radius 3 is 2.58 bits per heavy atom. The average Bonchev–Trinajstić information content (AvgIpc) is 2.45. The van der Waals surface area contributed by atoms with Crippen LogP contribution in [0.25, 0.3) is 10.8 Å². The molecule has 0 unspecified atom stereocenters. The van der Waals surface area contributed by atoms with Crippen molar-refractivity contribution in [3.8, 4) is 5.75 Å². The first-order valence-corrected chi connectivity index (χ1v) is 5.91. The number of hydrogen-bond acceptors (Lipinski definition) is 3. The van der Waals surface area contributed by atoms with Crippen LogP contribution in [0, 0.1) is 0 Å². The molecule has 2 aromatic carbocycles. The van der Waals surface area contributed by atoms with Crippen LogP contribution in [0.3, 0.4) is 0 Å². The number of amides is 1. The van der Waals surface area contributed by atoms with Gasteiger partial charge >= 0.3 is 0 Å². The van der Waals surface area contributed by atoms with Crippen molar-refractivity contribution < 1.29 is 14.3 Å². The number of carbonyl (C=O) groups is 2. The summed E-state index contributed by atoms with van der Waals surface area (Å²) in [5, 5.41) is 2.15. The van der Waals surface area contributed by atoms with Gasteiger partial charge < -0.3 is 9.64 Å². The fraction of sp³-hybridized carbons (Fsp3) is 0.200. The Morgan fingerprint density at radius 2 is 1.89 bits per heavy atom. The van der Waals surface area contributed by atoms with E-state index in [1.165, 1.54) is 4.90 Å². The molecule has 19 heavy (non-hydrogen) atoms. The third-order valence-corrected chi connectivity index (χ3v) is 3.01. The maximum atomic E-state index is 11.2. The minimum atomic E-state index is -0.519. The maximum Gasteiger partial charge on any atom is 0.286 e. The molecule has 1 amide bonds. The zero-order valence-corrected chi connectivity index (χ0v) is 10.9. The Bertz CT molecular complexity index is 622. The molecule has 0 fully saturated rings. The number of ether oxygens (including phenoxy) is 1. The molecule has 0 aliphatic heterocycles. The number of fused-ring (bicyclic) bond motifs is 1. The quantitative estimate of drug-likeness (QED) is 0.621. The summed E-state index contributed by atoms with van der Waals surface area (Å²) in [5.74, 6) is 0.295. The monoisotopic (exact) mass is 257 g/mol. The number of benzene rings is 2. The number of rotatable bonds is 4. The van der Waals surface area contributed by atoms with E-state index in [9.17, 15) is 9.59 Å². The number of carbonyl (C=O) groups excluding carboxylic acids is 2. The molecule has 0 N–H and O–H groups in total. The summed E-state index contributed by atoms with van der Waals surface area (Å²) in [6.07, 6.45) is 0.325. The van der Waals surface area contributed by atoms with E-state index in [0.717, 1.165) is 22.1 Å². The second-order valence-electron chi connectivity index (χ2n) is 4.36. The zero-order chi connectivity index (χ0) is 13.8. The molecule has 0 saturated heterocycles. The Labute approximate surface area is 111 Å². The molecule has 0 saturated carbocycles. The minimum Gasteiger partial charge on any atom is -0.497 e. The highest BCUT2D eigenvalue weighted by Gasteiger charge is 2.07. The molecule has 0 heterocycles. The van der Waals surface area contributed by atoms with Crippen molar-refractivity contribution in [1.82, 2.24) is 4.90 Å². The summed E-state index contributed by atoms with van der Waals surface area (Å²) in [6.45, 7) is 0.416. The van der Waals surface area contributed by atoms with Crippen molar-refractivity contribution >= 4 is 23.0 Å². The van der Waals surface area contributed by atoms with Gasteiger partial charge in [-0.1, -0.05) is 18.2 Å². The summed E-state index contributed by atoms with van der Waals surface area (Å²) >= 11 is 0. The third kappa shape index (κ3) is 2.91. The van der Waals surface area contributed by atoms with Gasteiger partial charge in [0.25, 0.3) is 5.91 Å². The smallest absolute Gasteiger partial charge is 0.286 e.